The van der Waals surface area contributed by atoms with E-state index in [0.29, 0.717) is 9.50 Å². The highest BCUT2D eigenvalue weighted by molar-refractivity contribution is 9.11. The van der Waals surface area contributed by atoms with Crippen LogP contribution in [0, 0.1) is 12.7 Å². The molecule has 29 heavy (non-hydrogen) atoms. The molecule has 4 rings (SSSR count). The minimum atomic E-state index is -0.274. The third-order valence-electron chi connectivity index (χ3n) is 4.80. The number of hydrogen-bond donors (Lipinski definition) is 0. The maximum Gasteiger partial charge on any atom is 0.124 e. The van der Waals surface area contributed by atoms with Crippen LogP contribution >= 0.6 is 43.5 Å². The molecule has 0 amide bonds. The van der Waals surface area contributed by atoms with Gasteiger partial charge in [-0.05, 0) is 82.8 Å². The van der Waals surface area contributed by atoms with Crippen LogP contribution in [0.1, 0.15) is 5.56 Å². The lowest BCUT2D eigenvalue weighted by Crippen LogP contribution is -1.89. The summed E-state index contributed by atoms with van der Waals surface area (Å²) in [6.45, 7) is 2.07. The molecule has 0 saturated carbocycles. The fraction of sp³-hybridized carbons (Fsp3) is 0.0400. The summed E-state index contributed by atoms with van der Waals surface area (Å²) in [4.78, 5) is 0. The molecule has 4 aromatic rings. The Morgan fingerprint density at radius 3 is 1.79 bits per heavy atom. The normalized spacial score (nSPS) is 10.9. The number of aryl methyl sites for hydroxylation is 1. The van der Waals surface area contributed by atoms with Gasteiger partial charge in [-0.1, -0.05) is 79.9 Å². The molecule has 0 aromatic heterocycles. The van der Waals surface area contributed by atoms with E-state index < -0.39 is 0 Å². The summed E-state index contributed by atoms with van der Waals surface area (Å²) < 4.78 is 15.4. The van der Waals surface area contributed by atoms with Gasteiger partial charge >= 0.3 is 0 Å². The van der Waals surface area contributed by atoms with Crippen LogP contribution in [-0.4, -0.2) is 0 Å². The van der Waals surface area contributed by atoms with Crippen molar-refractivity contribution in [2.24, 2.45) is 0 Å². The third-order valence-corrected chi connectivity index (χ3v) is 6.44. The molecule has 0 N–H and O–H groups in total. The molecule has 0 heterocycles. The van der Waals surface area contributed by atoms with Gasteiger partial charge in [0.05, 0.1) is 0 Å². The molecule has 0 aliphatic heterocycles. The van der Waals surface area contributed by atoms with Crippen molar-refractivity contribution in [3.05, 3.63) is 104 Å². The van der Waals surface area contributed by atoms with E-state index in [1.807, 2.05) is 24.3 Å². The van der Waals surface area contributed by atoms with Crippen molar-refractivity contribution in [2.45, 2.75) is 6.92 Å². The summed E-state index contributed by atoms with van der Waals surface area (Å²) >= 11 is 13.7. The molecule has 4 heteroatoms. The molecule has 0 unspecified atom stereocenters. The monoisotopic (exact) mass is 528 g/mol. The maximum atomic E-state index is 13.6. The molecule has 0 aliphatic carbocycles. The Morgan fingerprint density at radius 2 is 1.21 bits per heavy atom. The zero-order valence-corrected chi connectivity index (χ0v) is 19.4. The molecule has 4 aromatic carbocycles. The Labute approximate surface area is 191 Å². The van der Waals surface area contributed by atoms with Crippen molar-refractivity contribution >= 4 is 43.5 Å². The van der Waals surface area contributed by atoms with Crippen LogP contribution in [0.25, 0.3) is 33.4 Å². The summed E-state index contributed by atoms with van der Waals surface area (Å²) in [6, 6.07) is 25.2. The maximum absolute atomic E-state index is 13.6. The summed E-state index contributed by atoms with van der Waals surface area (Å²) in [5.74, 6) is -0.274. The largest absolute Gasteiger partial charge is 0.207 e. The van der Waals surface area contributed by atoms with E-state index in [9.17, 15) is 4.39 Å². The Morgan fingerprint density at radius 1 is 0.655 bits per heavy atom. The van der Waals surface area contributed by atoms with E-state index >= 15 is 0 Å². The van der Waals surface area contributed by atoms with Gasteiger partial charge in [-0.3, -0.25) is 0 Å². The summed E-state index contributed by atoms with van der Waals surface area (Å²) in [5, 5.41) is 0.691. The van der Waals surface area contributed by atoms with Crippen LogP contribution in [0.15, 0.2) is 87.8 Å². The van der Waals surface area contributed by atoms with Gasteiger partial charge in [0.25, 0.3) is 0 Å². The minimum absolute atomic E-state index is 0.274. The van der Waals surface area contributed by atoms with Gasteiger partial charge in [-0.25, -0.2) is 4.39 Å². The zero-order valence-electron chi connectivity index (χ0n) is 15.5. The van der Waals surface area contributed by atoms with Crippen molar-refractivity contribution < 1.29 is 4.39 Å². The van der Waals surface area contributed by atoms with E-state index in [2.05, 4.69) is 75.2 Å². The third kappa shape index (κ3) is 4.32. The SMILES string of the molecule is Cc1ccc(-c2cc(-c3ccccc3Cl)cc(-c3ccc(F)cc3Br)c2)c(Br)c1. The van der Waals surface area contributed by atoms with Gasteiger partial charge in [0.15, 0.2) is 0 Å². The Balaban J connectivity index is 1.98. The van der Waals surface area contributed by atoms with Crippen molar-refractivity contribution in [2.75, 3.05) is 0 Å². The highest BCUT2D eigenvalue weighted by Crippen LogP contribution is 2.39. The highest BCUT2D eigenvalue weighted by atomic mass is 79.9. The average molecular weight is 531 g/mol. The van der Waals surface area contributed by atoms with Crippen LogP contribution < -0.4 is 0 Å². The van der Waals surface area contributed by atoms with Gasteiger partial charge in [0.1, 0.15) is 5.82 Å². The topological polar surface area (TPSA) is 0 Å². The molecule has 0 radical (unpaired) electrons. The van der Waals surface area contributed by atoms with Crippen molar-refractivity contribution in [3.63, 3.8) is 0 Å². The van der Waals surface area contributed by atoms with Crippen LogP contribution in [0.2, 0.25) is 5.02 Å². The molecule has 144 valence electrons. The summed E-state index contributed by atoms with van der Waals surface area (Å²) in [5.41, 5.74) is 7.20. The predicted octanol–water partition coefficient (Wildman–Crippen LogP) is 9.31. The predicted molar refractivity (Wildman–Crippen MR) is 128 cm³/mol. The first-order chi connectivity index (χ1) is 13.9. The molecular weight excluding hydrogens is 515 g/mol. The first-order valence-corrected chi connectivity index (χ1v) is 11.0. The van der Waals surface area contributed by atoms with Crippen LogP contribution in [-0.2, 0) is 0 Å². The van der Waals surface area contributed by atoms with Crippen LogP contribution in [0.4, 0.5) is 4.39 Å². The molecule has 0 aliphatic rings. The van der Waals surface area contributed by atoms with Crippen LogP contribution in [0.5, 0.6) is 0 Å². The smallest absolute Gasteiger partial charge is 0.124 e. The van der Waals surface area contributed by atoms with Gasteiger partial charge in [0.2, 0.25) is 0 Å². The second kappa shape index (κ2) is 8.43. The van der Waals surface area contributed by atoms with Crippen molar-refractivity contribution in [1.82, 2.24) is 0 Å². The Hall–Kier alpha value is -1.94. The van der Waals surface area contributed by atoms with E-state index in [0.717, 1.165) is 37.9 Å². The standard InChI is InChI=1S/C25H16Br2ClF/c1-15-6-8-20(23(26)10-15)16-11-17(21-9-7-19(29)14-24(21)27)13-18(12-16)22-4-2-3-5-25(22)28/h2-14H,1H3. The lowest BCUT2D eigenvalue weighted by molar-refractivity contribution is 0.627. The molecular formula is C25H16Br2ClF. The first-order valence-electron chi connectivity index (χ1n) is 9.04. The Kier molecular flexibility index (Phi) is 5.91. The number of rotatable bonds is 3. The molecule has 0 fully saturated rings. The average Bonchev–Trinajstić information content (AvgIpc) is 2.68. The van der Waals surface area contributed by atoms with Gasteiger partial charge < -0.3 is 0 Å². The fourth-order valence-electron chi connectivity index (χ4n) is 3.37. The van der Waals surface area contributed by atoms with Crippen molar-refractivity contribution in [3.8, 4) is 33.4 Å². The second-order valence-electron chi connectivity index (χ2n) is 6.89. The first kappa shape index (κ1) is 20.3. The van der Waals surface area contributed by atoms with Crippen LogP contribution in [0.3, 0.4) is 0 Å². The van der Waals surface area contributed by atoms with Gasteiger partial charge in [-0.2, -0.15) is 0 Å². The molecule has 0 bridgehead atoms. The fourth-order valence-corrected chi connectivity index (χ4v) is 4.91. The quantitative estimate of drug-likeness (QED) is 0.248. The molecule has 0 nitrogen and oxygen atoms in total. The minimum Gasteiger partial charge on any atom is -0.207 e. The van der Waals surface area contributed by atoms with Gasteiger partial charge in [0, 0.05) is 19.5 Å². The Bertz CT molecular complexity index is 1150. The van der Waals surface area contributed by atoms with E-state index in [1.54, 1.807) is 6.07 Å². The molecule has 0 spiro atoms. The lowest BCUT2D eigenvalue weighted by Gasteiger charge is -2.14. The highest BCUT2D eigenvalue weighted by Gasteiger charge is 2.13. The van der Waals surface area contributed by atoms with E-state index in [1.165, 1.54) is 17.7 Å². The number of halogens is 4. The van der Waals surface area contributed by atoms with E-state index in [4.69, 9.17) is 11.6 Å². The van der Waals surface area contributed by atoms with Gasteiger partial charge in [-0.15, -0.1) is 0 Å². The number of benzene rings is 4. The van der Waals surface area contributed by atoms with E-state index in [-0.39, 0.29) is 5.82 Å². The summed E-state index contributed by atoms with van der Waals surface area (Å²) in [7, 11) is 0. The van der Waals surface area contributed by atoms with Crippen molar-refractivity contribution in [1.29, 1.82) is 0 Å². The zero-order chi connectivity index (χ0) is 20.5. The molecule has 0 atom stereocenters. The molecule has 0 saturated heterocycles. The second-order valence-corrected chi connectivity index (χ2v) is 9.00. The number of hydrogen-bond acceptors (Lipinski definition) is 0. The lowest BCUT2D eigenvalue weighted by atomic mass is 9.93. The summed E-state index contributed by atoms with van der Waals surface area (Å²) in [6.07, 6.45) is 0.